The van der Waals surface area contributed by atoms with Crippen LogP contribution < -0.4 is 4.90 Å². The van der Waals surface area contributed by atoms with E-state index in [1.54, 1.807) is 0 Å². The van der Waals surface area contributed by atoms with Crippen molar-refractivity contribution < 1.29 is 0 Å². The topological polar surface area (TPSA) is 19.4 Å². The van der Waals surface area contributed by atoms with Gasteiger partial charge in [0.25, 0.3) is 0 Å². The highest BCUT2D eigenvalue weighted by molar-refractivity contribution is 6.32. The van der Waals surface area contributed by atoms with Crippen molar-refractivity contribution in [1.82, 2.24) is 9.88 Å². The van der Waals surface area contributed by atoms with Crippen LogP contribution in [0.2, 0.25) is 10.3 Å². The number of hydrogen-bond acceptors (Lipinski definition) is 3. The smallest absolute Gasteiger partial charge is 0.132 e. The third kappa shape index (κ3) is 2.74. The number of hydrogen-bond donors (Lipinski definition) is 0. The fourth-order valence-electron chi connectivity index (χ4n) is 1.70. The molecule has 5 heteroatoms. The van der Waals surface area contributed by atoms with Crippen LogP contribution in [0.4, 0.5) is 5.69 Å². The SMILES string of the molecule is CN1CCN(c2cc(Cl)nc(Cl)c2)CC1. The maximum Gasteiger partial charge on any atom is 0.132 e. The zero-order valence-electron chi connectivity index (χ0n) is 8.58. The zero-order valence-corrected chi connectivity index (χ0v) is 10.1. The largest absolute Gasteiger partial charge is 0.369 e. The summed E-state index contributed by atoms with van der Waals surface area (Å²) in [5, 5.41) is 0.910. The molecule has 1 aliphatic rings. The molecule has 0 amide bonds. The second-order valence-electron chi connectivity index (χ2n) is 3.76. The average Bonchev–Trinajstić information content (AvgIpc) is 2.17. The van der Waals surface area contributed by atoms with E-state index in [2.05, 4.69) is 21.8 Å². The summed E-state index contributed by atoms with van der Waals surface area (Å²) in [6.45, 7) is 4.15. The van der Waals surface area contributed by atoms with Gasteiger partial charge in [0, 0.05) is 31.9 Å². The molecule has 1 aromatic rings. The second kappa shape index (κ2) is 4.56. The molecule has 2 rings (SSSR count). The molecule has 0 radical (unpaired) electrons. The molecule has 1 fully saturated rings. The number of rotatable bonds is 1. The molecule has 0 N–H and O–H groups in total. The van der Waals surface area contributed by atoms with E-state index in [4.69, 9.17) is 23.2 Å². The lowest BCUT2D eigenvalue weighted by Gasteiger charge is -2.34. The summed E-state index contributed by atoms with van der Waals surface area (Å²) in [6.07, 6.45) is 0. The van der Waals surface area contributed by atoms with Gasteiger partial charge in [-0.1, -0.05) is 23.2 Å². The van der Waals surface area contributed by atoms with Gasteiger partial charge in [0.1, 0.15) is 10.3 Å². The Bertz CT molecular complexity index is 328. The molecule has 82 valence electrons. The number of halogens is 2. The van der Waals surface area contributed by atoms with Gasteiger partial charge < -0.3 is 9.80 Å². The van der Waals surface area contributed by atoms with Gasteiger partial charge in [-0.25, -0.2) is 4.98 Å². The molecular formula is C10H13Cl2N3. The summed E-state index contributed by atoms with van der Waals surface area (Å²) < 4.78 is 0. The van der Waals surface area contributed by atoms with Crippen molar-refractivity contribution >= 4 is 28.9 Å². The number of piperazine rings is 1. The first kappa shape index (κ1) is 11.0. The molecule has 0 bridgehead atoms. The molecule has 15 heavy (non-hydrogen) atoms. The lowest BCUT2D eigenvalue weighted by Crippen LogP contribution is -2.44. The van der Waals surface area contributed by atoms with E-state index >= 15 is 0 Å². The van der Waals surface area contributed by atoms with Crippen LogP contribution in [0.1, 0.15) is 0 Å². The van der Waals surface area contributed by atoms with E-state index < -0.39 is 0 Å². The summed E-state index contributed by atoms with van der Waals surface area (Å²) in [6, 6.07) is 3.72. The minimum atomic E-state index is 0.455. The molecule has 0 atom stereocenters. The lowest BCUT2D eigenvalue weighted by atomic mass is 10.3. The van der Waals surface area contributed by atoms with Crippen molar-refractivity contribution in [3.63, 3.8) is 0 Å². The molecule has 0 aliphatic carbocycles. The summed E-state index contributed by atoms with van der Waals surface area (Å²) >= 11 is 11.7. The van der Waals surface area contributed by atoms with Crippen LogP contribution in [0.15, 0.2) is 12.1 Å². The minimum Gasteiger partial charge on any atom is -0.369 e. The molecule has 1 aromatic heterocycles. The van der Waals surface area contributed by atoms with Crippen LogP contribution >= 0.6 is 23.2 Å². The van der Waals surface area contributed by atoms with Gasteiger partial charge in [0.2, 0.25) is 0 Å². The minimum absolute atomic E-state index is 0.455. The molecule has 0 saturated carbocycles. The van der Waals surface area contributed by atoms with Crippen LogP contribution in [0.5, 0.6) is 0 Å². The molecule has 1 saturated heterocycles. The number of aromatic nitrogens is 1. The Balaban J connectivity index is 2.15. The summed E-state index contributed by atoms with van der Waals surface area (Å²) in [5.74, 6) is 0. The second-order valence-corrected chi connectivity index (χ2v) is 4.54. The summed E-state index contributed by atoms with van der Waals surface area (Å²) in [5.41, 5.74) is 1.06. The maximum atomic E-state index is 5.87. The average molecular weight is 246 g/mol. The maximum absolute atomic E-state index is 5.87. The molecular weight excluding hydrogens is 233 g/mol. The highest BCUT2D eigenvalue weighted by atomic mass is 35.5. The van der Waals surface area contributed by atoms with E-state index in [-0.39, 0.29) is 0 Å². The predicted molar refractivity (Wildman–Crippen MR) is 64.0 cm³/mol. The lowest BCUT2D eigenvalue weighted by molar-refractivity contribution is 0.313. The first-order valence-corrected chi connectivity index (χ1v) is 5.67. The third-order valence-electron chi connectivity index (χ3n) is 2.62. The first-order chi connectivity index (χ1) is 7.15. The molecule has 3 nitrogen and oxygen atoms in total. The van der Waals surface area contributed by atoms with Gasteiger partial charge in [-0.15, -0.1) is 0 Å². The fourth-order valence-corrected chi connectivity index (χ4v) is 2.15. The van der Waals surface area contributed by atoms with Gasteiger partial charge in [-0.3, -0.25) is 0 Å². The number of pyridine rings is 1. The fraction of sp³-hybridized carbons (Fsp3) is 0.500. The van der Waals surface area contributed by atoms with Crippen LogP contribution in [-0.2, 0) is 0 Å². The van der Waals surface area contributed by atoms with E-state index in [0.717, 1.165) is 31.9 Å². The monoisotopic (exact) mass is 245 g/mol. The zero-order chi connectivity index (χ0) is 10.8. The van der Waals surface area contributed by atoms with E-state index in [1.807, 2.05) is 12.1 Å². The van der Waals surface area contributed by atoms with Gasteiger partial charge >= 0.3 is 0 Å². The Labute approximate surface area is 99.6 Å². The standard InChI is InChI=1S/C10H13Cl2N3/c1-14-2-4-15(5-3-14)8-6-9(11)13-10(12)7-8/h6-7H,2-5H2,1H3. The van der Waals surface area contributed by atoms with Crippen molar-refractivity contribution in [1.29, 1.82) is 0 Å². The van der Waals surface area contributed by atoms with Crippen LogP contribution in [0.3, 0.4) is 0 Å². The molecule has 1 aliphatic heterocycles. The van der Waals surface area contributed by atoms with Gasteiger partial charge in [0.05, 0.1) is 0 Å². The van der Waals surface area contributed by atoms with E-state index in [9.17, 15) is 0 Å². The van der Waals surface area contributed by atoms with Crippen molar-refractivity contribution in [3.05, 3.63) is 22.4 Å². The highest BCUT2D eigenvalue weighted by Gasteiger charge is 2.15. The van der Waals surface area contributed by atoms with Gasteiger partial charge in [-0.05, 0) is 19.2 Å². The van der Waals surface area contributed by atoms with Crippen molar-refractivity contribution in [2.75, 3.05) is 38.1 Å². The number of anilines is 1. The number of likely N-dealkylation sites (N-methyl/N-ethyl adjacent to an activating group) is 1. The molecule has 2 heterocycles. The normalized spacial score (nSPS) is 18.2. The molecule has 0 aromatic carbocycles. The predicted octanol–water partition coefficient (Wildman–Crippen LogP) is 2.14. The summed E-state index contributed by atoms with van der Waals surface area (Å²) in [4.78, 5) is 8.52. The van der Waals surface area contributed by atoms with E-state index in [0.29, 0.717) is 10.3 Å². The Kier molecular flexibility index (Phi) is 3.34. The van der Waals surface area contributed by atoms with Crippen LogP contribution in [-0.4, -0.2) is 43.1 Å². The van der Waals surface area contributed by atoms with Crippen molar-refractivity contribution in [2.45, 2.75) is 0 Å². The highest BCUT2D eigenvalue weighted by Crippen LogP contribution is 2.23. The van der Waals surface area contributed by atoms with Crippen LogP contribution in [0.25, 0.3) is 0 Å². The Morgan fingerprint density at radius 1 is 1.07 bits per heavy atom. The number of nitrogens with zero attached hydrogens (tertiary/aromatic N) is 3. The van der Waals surface area contributed by atoms with Crippen LogP contribution in [0, 0.1) is 0 Å². The van der Waals surface area contributed by atoms with Gasteiger partial charge in [0.15, 0.2) is 0 Å². The summed E-state index contributed by atoms with van der Waals surface area (Å²) in [7, 11) is 2.13. The molecule has 0 unspecified atom stereocenters. The Hall–Kier alpha value is -0.510. The van der Waals surface area contributed by atoms with Gasteiger partial charge in [-0.2, -0.15) is 0 Å². The van der Waals surface area contributed by atoms with Crippen molar-refractivity contribution in [2.24, 2.45) is 0 Å². The van der Waals surface area contributed by atoms with E-state index in [1.165, 1.54) is 0 Å². The first-order valence-electron chi connectivity index (χ1n) is 4.92. The van der Waals surface area contributed by atoms with Crippen molar-refractivity contribution in [3.8, 4) is 0 Å². The quantitative estimate of drug-likeness (QED) is 0.708. The Morgan fingerprint density at radius 2 is 1.60 bits per heavy atom. The Morgan fingerprint density at radius 3 is 2.13 bits per heavy atom. The third-order valence-corrected chi connectivity index (χ3v) is 3.00. The molecule has 0 spiro atoms.